The molecule has 2 rings (SSSR count). The topological polar surface area (TPSA) is 32.8 Å². The van der Waals surface area contributed by atoms with Crippen LogP contribution in [0.25, 0.3) is 0 Å². The zero-order valence-corrected chi connectivity index (χ0v) is 10.1. The van der Waals surface area contributed by atoms with E-state index in [-0.39, 0.29) is 0 Å². The average Bonchev–Trinajstić information content (AvgIpc) is 2.40. The molecule has 0 spiro atoms. The van der Waals surface area contributed by atoms with Gasteiger partial charge in [0.25, 0.3) is 0 Å². The van der Waals surface area contributed by atoms with Crippen molar-refractivity contribution in [3.05, 3.63) is 24.3 Å². The predicted octanol–water partition coefficient (Wildman–Crippen LogP) is 0.927. The Hall–Kier alpha value is -1.55. The van der Waals surface area contributed by atoms with Gasteiger partial charge in [-0.05, 0) is 12.1 Å². The van der Waals surface area contributed by atoms with Crippen LogP contribution in [0.1, 0.15) is 0 Å². The zero-order valence-electron chi connectivity index (χ0n) is 10.1. The molecule has 1 aromatic rings. The van der Waals surface area contributed by atoms with Gasteiger partial charge in [-0.3, -0.25) is 9.69 Å². The van der Waals surface area contributed by atoms with E-state index in [4.69, 9.17) is 4.74 Å². The van der Waals surface area contributed by atoms with Gasteiger partial charge in [0.15, 0.2) is 0 Å². The van der Waals surface area contributed by atoms with Gasteiger partial charge in [-0.25, -0.2) is 0 Å². The minimum Gasteiger partial charge on any atom is -0.495 e. The van der Waals surface area contributed by atoms with Gasteiger partial charge in [0.1, 0.15) is 5.75 Å². The first kappa shape index (κ1) is 11.9. The highest BCUT2D eigenvalue weighted by Gasteiger charge is 2.18. The van der Waals surface area contributed by atoms with E-state index in [0.717, 1.165) is 37.6 Å². The molecule has 91 valence electrons. The molecule has 4 nitrogen and oxygen atoms in total. The van der Waals surface area contributed by atoms with Crippen molar-refractivity contribution < 1.29 is 9.53 Å². The number of benzene rings is 1. The van der Waals surface area contributed by atoms with Crippen LogP contribution in [0, 0.1) is 0 Å². The van der Waals surface area contributed by atoms with E-state index in [0.29, 0.717) is 6.54 Å². The average molecular weight is 233 g/mol. The van der Waals surface area contributed by atoms with Crippen LogP contribution in [0.3, 0.4) is 0 Å². The zero-order chi connectivity index (χ0) is 12.1. The third-order valence-electron chi connectivity index (χ3n) is 3.09. The molecule has 4 heteroatoms. The minimum atomic E-state index is 0.416. The molecule has 0 unspecified atom stereocenters. The molecule has 1 saturated heterocycles. The fourth-order valence-corrected chi connectivity index (χ4v) is 2.13. The van der Waals surface area contributed by atoms with Crippen LogP contribution in [0.2, 0.25) is 0 Å². The van der Waals surface area contributed by atoms with E-state index in [1.165, 1.54) is 0 Å². The van der Waals surface area contributed by atoms with Crippen LogP contribution < -0.4 is 9.64 Å². The maximum absolute atomic E-state index is 10.3. The van der Waals surface area contributed by atoms with Crippen molar-refractivity contribution in [2.24, 2.45) is 0 Å². The molecule has 0 aromatic heterocycles. The van der Waals surface area contributed by atoms with Crippen LogP contribution in [-0.2, 0) is 4.79 Å². The highest BCUT2D eigenvalue weighted by atomic mass is 16.5. The van der Waals surface area contributed by atoms with E-state index in [1.807, 2.05) is 24.5 Å². The molecule has 1 aliphatic heterocycles. The van der Waals surface area contributed by atoms with Crippen molar-refractivity contribution in [1.82, 2.24) is 4.90 Å². The maximum Gasteiger partial charge on any atom is 0.213 e. The standard InChI is InChI=1S/C13H17N2O2/c1-17-13-5-3-2-4-12(13)15-8-6-14(7-9-15)10-11-16/h2-5H,6-10H2,1H3. The fraction of sp³-hybridized carbons (Fsp3) is 0.462. The Morgan fingerprint density at radius 3 is 2.59 bits per heavy atom. The number of para-hydroxylation sites is 2. The molecule has 0 amide bonds. The summed E-state index contributed by atoms with van der Waals surface area (Å²) in [5, 5.41) is 0. The number of piperazine rings is 1. The summed E-state index contributed by atoms with van der Waals surface area (Å²) in [7, 11) is 1.69. The SMILES string of the molecule is COc1ccccc1N1CCN(C[C]=O)CC1. The molecule has 0 saturated carbocycles. The monoisotopic (exact) mass is 233 g/mol. The Balaban J connectivity index is 2.02. The van der Waals surface area contributed by atoms with Crippen molar-refractivity contribution in [3.63, 3.8) is 0 Å². The summed E-state index contributed by atoms with van der Waals surface area (Å²) in [6, 6.07) is 8.03. The van der Waals surface area contributed by atoms with Gasteiger partial charge in [-0.1, -0.05) is 12.1 Å². The highest BCUT2D eigenvalue weighted by Crippen LogP contribution is 2.28. The number of methoxy groups -OCH3 is 1. The minimum absolute atomic E-state index is 0.416. The molecule has 17 heavy (non-hydrogen) atoms. The molecule has 1 aromatic carbocycles. The van der Waals surface area contributed by atoms with Gasteiger partial charge in [0.05, 0.1) is 19.3 Å². The van der Waals surface area contributed by atoms with Gasteiger partial charge in [0.2, 0.25) is 6.29 Å². The van der Waals surface area contributed by atoms with Crippen LogP contribution >= 0.6 is 0 Å². The summed E-state index contributed by atoms with van der Waals surface area (Å²) < 4.78 is 5.36. The summed E-state index contributed by atoms with van der Waals surface area (Å²) in [6.07, 6.45) is 1.95. The Bertz CT molecular complexity index is 373. The number of nitrogens with zero attached hydrogens (tertiary/aromatic N) is 2. The van der Waals surface area contributed by atoms with Gasteiger partial charge in [-0.2, -0.15) is 0 Å². The van der Waals surface area contributed by atoms with E-state index in [1.54, 1.807) is 7.11 Å². The van der Waals surface area contributed by atoms with Crippen molar-refractivity contribution in [2.45, 2.75) is 0 Å². The van der Waals surface area contributed by atoms with E-state index >= 15 is 0 Å². The lowest BCUT2D eigenvalue weighted by atomic mass is 10.2. The third-order valence-corrected chi connectivity index (χ3v) is 3.09. The second-order valence-electron chi connectivity index (χ2n) is 4.08. The van der Waals surface area contributed by atoms with Crippen molar-refractivity contribution >= 4 is 12.0 Å². The van der Waals surface area contributed by atoms with E-state index in [2.05, 4.69) is 15.9 Å². The first-order valence-electron chi connectivity index (χ1n) is 5.80. The molecule has 1 aliphatic rings. The predicted molar refractivity (Wildman–Crippen MR) is 67.3 cm³/mol. The summed E-state index contributed by atoms with van der Waals surface area (Å²) in [5.41, 5.74) is 1.13. The number of hydrogen-bond acceptors (Lipinski definition) is 4. The van der Waals surface area contributed by atoms with Crippen molar-refractivity contribution in [2.75, 3.05) is 44.7 Å². The Kier molecular flexibility index (Phi) is 3.98. The molecule has 1 heterocycles. The van der Waals surface area contributed by atoms with Gasteiger partial charge >= 0.3 is 0 Å². The quantitative estimate of drug-likeness (QED) is 0.774. The summed E-state index contributed by atoms with van der Waals surface area (Å²) >= 11 is 0. The van der Waals surface area contributed by atoms with E-state index < -0.39 is 0 Å². The first-order valence-corrected chi connectivity index (χ1v) is 5.80. The molecular formula is C13H17N2O2. The summed E-state index contributed by atoms with van der Waals surface area (Å²) in [6.45, 7) is 4.05. The molecule has 0 N–H and O–H groups in total. The molecule has 0 bridgehead atoms. The second kappa shape index (κ2) is 5.68. The van der Waals surface area contributed by atoms with Crippen LogP contribution in [0.5, 0.6) is 5.75 Å². The summed E-state index contributed by atoms with van der Waals surface area (Å²) in [4.78, 5) is 14.7. The molecule has 1 fully saturated rings. The number of rotatable bonds is 4. The molecule has 0 atom stereocenters. The number of hydrogen-bond donors (Lipinski definition) is 0. The van der Waals surface area contributed by atoms with Gasteiger partial charge in [0, 0.05) is 26.2 Å². The lowest BCUT2D eigenvalue weighted by Gasteiger charge is -2.35. The largest absolute Gasteiger partial charge is 0.495 e. The van der Waals surface area contributed by atoms with Gasteiger partial charge in [-0.15, -0.1) is 0 Å². The van der Waals surface area contributed by atoms with Crippen LogP contribution in [-0.4, -0.2) is 51.0 Å². The van der Waals surface area contributed by atoms with Crippen LogP contribution in [0.4, 0.5) is 5.69 Å². The maximum atomic E-state index is 10.3. The Labute approximate surface area is 102 Å². The number of carbonyl (C=O) groups excluding carboxylic acids is 1. The third kappa shape index (κ3) is 2.77. The normalized spacial score (nSPS) is 16.9. The molecular weight excluding hydrogens is 216 g/mol. The fourth-order valence-electron chi connectivity index (χ4n) is 2.13. The second-order valence-corrected chi connectivity index (χ2v) is 4.08. The highest BCUT2D eigenvalue weighted by molar-refractivity contribution is 5.59. The molecule has 0 aliphatic carbocycles. The van der Waals surface area contributed by atoms with E-state index in [9.17, 15) is 4.79 Å². The Morgan fingerprint density at radius 1 is 1.24 bits per heavy atom. The lowest BCUT2D eigenvalue weighted by molar-refractivity contribution is 0.286. The first-order chi connectivity index (χ1) is 8.35. The van der Waals surface area contributed by atoms with Crippen LogP contribution in [0.15, 0.2) is 24.3 Å². The smallest absolute Gasteiger partial charge is 0.213 e. The van der Waals surface area contributed by atoms with Crippen molar-refractivity contribution in [1.29, 1.82) is 0 Å². The van der Waals surface area contributed by atoms with Gasteiger partial charge < -0.3 is 9.64 Å². The van der Waals surface area contributed by atoms with Crippen molar-refractivity contribution in [3.8, 4) is 5.75 Å². The number of ether oxygens (including phenoxy) is 1. The summed E-state index contributed by atoms with van der Waals surface area (Å²) in [5.74, 6) is 0.905. The lowest BCUT2D eigenvalue weighted by Crippen LogP contribution is -2.47. The Morgan fingerprint density at radius 2 is 1.94 bits per heavy atom. The number of anilines is 1. The molecule has 1 radical (unpaired) electrons.